The number of aryl methyl sites for hydroxylation is 1. The summed E-state index contributed by atoms with van der Waals surface area (Å²) in [4.78, 5) is 28.1. The Morgan fingerprint density at radius 1 is 0.952 bits per heavy atom. The van der Waals surface area contributed by atoms with Crippen molar-refractivity contribution in [2.45, 2.75) is 32.2 Å². The van der Waals surface area contributed by atoms with Crippen molar-refractivity contribution in [1.29, 1.82) is 0 Å². The third-order valence-corrected chi connectivity index (χ3v) is 10.6. The number of nitrogens with zero attached hydrogens (tertiary/aromatic N) is 1. The highest BCUT2D eigenvalue weighted by atomic mass is 35.5. The summed E-state index contributed by atoms with van der Waals surface area (Å²) in [5, 5.41) is 8.73. The van der Waals surface area contributed by atoms with E-state index in [0.29, 0.717) is 47.1 Å². The standard InChI is InChI=1S/C31H33ClN4O4S2/c32-23-10-12-24(13-11-23)34-31(38)35-30-28(29(33)37)26-14-17-36(20-27(26)41-30)16-3-4-18-42(39,40)19-15-22-8-5-7-21-6-1-2-9-25(21)22/h1-2,5-13H,3-4,14-20H2,(H2,33,37)(H2,34,35,38). The minimum Gasteiger partial charge on any atom is -0.365 e. The lowest BCUT2D eigenvalue weighted by Crippen LogP contribution is -2.31. The number of benzene rings is 3. The zero-order valence-electron chi connectivity index (χ0n) is 23.1. The number of nitrogens with two attached hydrogens (primary N) is 1. The van der Waals surface area contributed by atoms with Crippen LogP contribution in [0.25, 0.3) is 10.8 Å². The van der Waals surface area contributed by atoms with Crippen LogP contribution in [0.4, 0.5) is 15.5 Å². The molecule has 0 atom stereocenters. The molecule has 3 aromatic carbocycles. The van der Waals surface area contributed by atoms with Gasteiger partial charge in [-0.15, -0.1) is 11.3 Å². The molecule has 220 valence electrons. The smallest absolute Gasteiger partial charge is 0.324 e. The molecule has 0 saturated heterocycles. The van der Waals surface area contributed by atoms with E-state index >= 15 is 0 Å². The summed E-state index contributed by atoms with van der Waals surface area (Å²) in [7, 11) is -3.17. The summed E-state index contributed by atoms with van der Waals surface area (Å²) in [6.45, 7) is 2.10. The first-order valence-corrected chi connectivity index (χ1v) is 16.9. The number of fused-ring (bicyclic) bond motifs is 2. The van der Waals surface area contributed by atoms with Crippen molar-refractivity contribution in [3.8, 4) is 0 Å². The fourth-order valence-corrected chi connectivity index (χ4v) is 8.13. The number of amides is 3. The van der Waals surface area contributed by atoms with Gasteiger partial charge in [0.1, 0.15) is 5.00 Å². The molecule has 0 saturated carbocycles. The molecular weight excluding hydrogens is 592 g/mol. The number of carbonyl (C=O) groups excluding carboxylic acids is 2. The molecule has 0 aliphatic carbocycles. The van der Waals surface area contributed by atoms with Crippen LogP contribution in [-0.4, -0.2) is 49.9 Å². The van der Waals surface area contributed by atoms with E-state index in [9.17, 15) is 18.0 Å². The lowest BCUT2D eigenvalue weighted by Gasteiger charge is -2.26. The van der Waals surface area contributed by atoms with Gasteiger partial charge in [-0.1, -0.05) is 54.1 Å². The first-order valence-electron chi connectivity index (χ1n) is 13.9. The highest BCUT2D eigenvalue weighted by Crippen LogP contribution is 2.37. The molecule has 0 spiro atoms. The molecule has 42 heavy (non-hydrogen) atoms. The van der Waals surface area contributed by atoms with Gasteiger partial charge in [0.25, 0.3) is 5.91 Å². The van der Waals surface area contributed by atoms with Crippen molar-refractivity contribution in [2.75, 3.05) is 35.2 Å². The first-order chi connectivity index (χ1) is 20.2. The number of nitrogens with one attached hydrogen (secondary N) is 2. The van der Waals surface area contributed by atoms with Gasteiger partial charge in [0.05, 0.1) is 17.1 Å². The number of thiophene rings is 1. The Morgan fingerprint density at radius 3 is 2.50 bits per heavy atom. The topological polar surface area (TPSA) is 122 Å². The molecule has 11 heteroatoms. The highest BCUT2D eigenvalue weighted by Gasteiger charge is 2.27. The molecule has 0 radical (unpaired) electrons. The second-order valence-electron chi connectivity index (χ2n) is 10.4. The molecule has 8 nitrogen and oxygen atoms in total. The Balaban J connectivity index is 1.12. The average molecular weight is 625 g/mol. The Labute approximate surface area is 254 Å². The molecule has 5 rings (SSSR count). The molecule has 2 heterocycles. The van der Waals surface area contributed by atoms with Gasteiger partial charge in [-0.2, -0.15) is 0 Å². The third kappa shape index (κ3) is 7.49. The zero-order chi connectivity index (χ0) is 29.7. The number of hydrogen-bond donors (Lipinski definition) is 3. The van der Waals surface area contributed by atoms with Crippen molar-refractivity contribution in [3.63, 3.8) is 0 Å². The molecule has 0 unspecified atom stereocenters. The zero-order valence-corrected chi connectivity index (χ0v) is 25.5. The van der Waals surface area contributed by atoms with Crippen molar-refractivity contribution in [2.24, 2.45) is 5.73 Å². The van der Waals surface area contributed by atoms with Gasteiger partial charge in [-0.25, -0.2) is 13.2 Å². The third-order valence-electron chi connectivity index (χ3n) is 7.45. The molecule has 4 N–H and O–H groups in total. The minimum atomic E-state index is -3.17. The Bertz CT molecular complexity index is 1700. The molecule has 1 aliphatic rings. The van der Waals surface area contributed by atoms with Crippen LogP contribution >= 0.6 is 22.9 Å². The predicted octanol–water partition coefficient (Wildman–Crippen LogP) is 6.09. The van der Waals surface area contributed by atoms with Crippen molar-refractivity contribution < 1.29 is 18.0 Å². The Kier molecular flexibility index (Phi) is 9.47. The van der Waals surface area contributed by atoms with Crippen LogP contribution in [0.1, 0.15) is 39.2 Å². The molecule has 1 aromatic heterocycles. The van der Waals surface area contributed by atoms with Crippen LogP contribution in [-0.2, 0) is 29.2 Å². The maximum absolute atomic E-state index is 12.8. The van der Waals surface area contributed by atoms with Gasteiger partial charge < -0.3 is 11.1 Å². The van der Waals surface area contributed by atoms with E-state index in [1.54, 1.807) is 24.3 Å². The summed E-state index contributed by atoms with van der Waals surface area (Å²) in [5.41, 5.74) is 8.57. The van der Waals surface area contributed by atoms with Gasteiger partial charge in [-0.3, -0.25) is 15.0 Å². The highest BCUT2D eigenvalue weighted by molar-refractivity contribution is 7.91. The molecule has 1 aliphatic heterocycles. The van der Waals surface area contributed by atoms with Crippen molar-refractivity contribution in [1.82, 2.24) is 4.90 Å². The van der Waals surface area contributed by atoms with Crippen molar-refractivity contribution in [3.05, 3.63) is 93.3 Å². The first kappa shape index (κ1) is 30.0. The number of anilines is 2. The van der Waals surface area contributed by atoms with E-state index in [0.717, 1.165) is 46.3 Å². The largest absolute Gasteiger partial charge is 0.365 e. The molecule has 0 fully saturated rings. The molecular formula is C31H33ClN4O4S2. The van der Waals surface area contributed by atoms with Gasteiger partial charge in [0.15, 0.2) is 9.84 Å². The van der Waals surface area contributed by atoms with E-state index in [1.165, 1.54) is 11.3 Å². The number of carbonyl (C=O) groups is 2. The summed E-state index contributed by atoms with van der Waals surface area (Å²) in [5.74, 6) is -0.268. The SMILES string of the molecule is NC(=O)c1c(NC(=O)Nc2ccc(Cl)cc2)sc2c1CCN(CCCCS(=O)(=O)CCc1cccc3ccccc13)C2. The maximum Gasteiger partial charge on any atom is 0.324 e. The average Bonchev–Trinajstić information content (AvgIpc) is 3.32. The fraction of sp³-hybridized carbons (Fsp3) is 0.290. The number of rotatable bonds is 11. The number of halogens is 1. The summed E-state index contributed by atoms with van der Waals surface area (Å²) >= 11 is 7.26. The van der Waals surface area contributed by atoms with Crippen molar-refractivity contribution >= 4 is 66.2 Å². The van der Waals surface area contributed by atoms with Crippen LogP contribution in [0.5, 0.6) is 0 Å². The quantitative estimate of drug-likeness (QED) is 0.174. The van der Waals surface area contributed by atoms with Gasteiger partial charge in [0.2, 0.25) is 0 Å². The number of urea groups is 1. The van der Waals surface area contributed by atoms with E-state index in [4.69, 9.17) is 17.3 Å². The second-order valence-corrected chi connectivity index (χ2v) is 14.3. The van der Waals surface area contributed by atoms with E-state index in [-0.39, 0.29) is 11.5 Å². The van der Waals surface area contributed by atoms with Crippen LogP contribution in [0, 0.1) is 0 Å². The summed E-state index contributed by atoms with van der Waals surface area (Å²) in [6.07, 6.45) is 2.49. The lowest BCUT2D eigenvalue weighted by molar-refractivity contribution is 0.1000. The van der Waals surface area contributed by atoms with Crippen LogP contribution in [0.2, 0.25) is 5.02 Å². The van der Waals surface area contributed by atoms with E-state index < -0.39 is 21.8 Å². The maximum atomic E-state index is 12.8. The monoisotopic (exact) mass is 624 g/mol. The molecule has 3 amide bonds. The minimum absolute atomic E-state index is 0.139. The fourth-order valence-electron chi connectivity index (χ4n) is 5.33. The predicted molar refractivity (Wildman–Crippen MR) is 171 cm³/mol. The van der Waals surface area contributed by atoms with Crippen LogP contribution in [0.3, 0.4) is 0 Å². The van der Waals surface area contributed by atoms with Crippen LogP contribution < -0.4 is 16.4 Å². The van der Waals surface area contributed by atoms with Crippen LogP contribution in [0.15, 0.2) is 66.7 Å². The number of sulfone groups is 1. The number of hydrogen-bond acceptors (Lipinski definition) is 6. The lowest BCUT2D eigenvalue weighted by atomic mass is 10.0. The number of unbranched alkanes of at least 4 members (excludes halogenated alkanes) is 1. The van der Waals surface area contributed by atoms with E-state index in [2.05, 4.69) is 15.5 Å². The molecule has 0 bridgehead atoms. The Hall–Kier alpha value is -3.44. The molecule has 4 aromatic rings. The second kappa shape index (κ2) is 13.2. The van der Waals surface area contributed by atoms with Gasteiger partial charge in [0, 0.05) is 28.7 Å². The van der Waals surface area contributed by atoms with E-state index in [1.807, 2.05) is 42.5 Å². The Morgan fingerprint density at radius 2 is 1.71 bits per heavy atom. The number of primary amides is 1. The normalized spacial score (nSPS) is 13.5. The summed E-state index contributed by atoms with van der Waals surface area (Å²) in [6, 6.07) is 20.3. The van der Waals surface area contributed by atoms with Gasteiger partial charge >= 0.3 is 6.03 Å². The van der Waals surface area contributed by atoms with Gasteiger partial charge in [-0.05, 0) is 78.4 Å². The summed E-state index contributed by atoms with van der Waals surface area (Å²) < 4.78 is 25.6.